The fourth-order valence-electron chi connectivity index (χ4n) is 0.864. The summed E-state index contributed by atoms with van der Waals surface area (Å²) in [7, 11) is 0. The van der Waals surface area contributed by atoms with Crippen LogP contribution in [0.3, 0.4) is 0 Å². The second kappa shape index (κ2) is 8.02. The highest BCUT2D eigenvalue weighted by atomic mass is 16.5. The Hall–Kier alpha value is -0.0800. The molecule has 0 spiro atoms. The van der Waals surface area contributed by atoms with Gasteiger partial charge in [0.25, 0.3) is 0 Å². The van der Waals surface area contributed by atoms with Crippen LogP contribution in [0, 0.1) is 0 Å². The Balaban J connectivity index is 2.80. The summed E-state index contributed by atoms with van der Waals surface area (Å²) >= 11 is 0. The Bertz CT molecular complexity index is 74.0. The highest BCUT2D eigenvalue weighted by Crippen LogP contribution is 1.89. The summed E-state index contributed by atoms with van der Waals surface area (Å²) in [5.41, 5.74) is 0. The highest BCUT2D eigenvalue weighted by Gasteiger charge is 1.91. The maximum atomic E-state index is 5.21. The van der Waals surface area contributed by atoms with E-state index < -0.39 is 0 Å². The quantitative estimate of drug-likeness (QED) is 0.572. The maximum Gasteiger partial charge on any atom is 0.0466 e. The van der Waals surface area contributed by atoms with E-state index in [9.17, 15) is 0 Å². The third kappa shape index (κ3) is 9.92. The molecular weight excluding hydrogens is 138 g/mol. The van der Waals surface area contributed by atoms with Crippen LogP contribution >= 0.6 is 0 Å². The molecule has 0 aliphatic rings. The molecule has 0 heterocycles. The van der Waals surface area contributed by atoms with Crippen molar-refractivity contribution in [2.24, 2.45) is 0 Å². The van der Waals surface area contributed by atoms with Gasteiger partial charge in [0.1, 0.15) is 0 Å². The van der Waals surface area contributed by atoms with Gasteiger partial charge in [0.15, 0.2) is 0 Å². The van der Waals surface area contributed by atoms with Crippen molar-refractivity contribution < 1.29 is 4.74 Å². The minimum absolute atomic E-state index is 0.613. The molecule has 0 bridgehead atoms. The molecule has 0 saturated carbocycles. The molecule has 0 amide bonds. The summed E-state index contributed by atoms with van der Waals surface area (Å²) in [6.45, 7) is 9.25. The molecule has 0 fully saturated rings. The minimum Gasteiger partial charge on any atom is -0.382 e. The first-order valence-electron chi connectivity index (χ1n) is 4.58. The lowest BCUT2D eigenvalue weighted by Crippen LogP contribution is -2.23. The van der Waals surface area contributed by atoms with E-state index in [1.165, 1.54) is 12.8 Å². The van der Waals surface area contributed by atoms with Gasteiger partial charge in [-0.2, -0.15) is 0 Å². The number of hydrogen-bond acceptors (Lipinski definition) is 2. The van der Waals surface area contributed by atoms with Gasteiger partial charge in [0, 0.05) is 19.3 Å². The first-order valence-corrected chi connectivity index (χ1v) is 4.58. The van der Waals surface area contributed by atoms with Crippen molar-refractivity contribution in [3.8, 4) is 0 Å². The predicted octanol–water partition coefficient (Wildman–Crippen LogP) is 1.80. The lowest BCUT2D eigenvalue weighted by molar-refractivity contribution is 0.143. The molecule has 0 atom stereocenters. The van der Waals surface area contributed by atoms with E-state index >= 15 is 0 Å². The number of rotatable bonds is 7. The predicted molar refractivity (Wildman–Crippen MR) is 48.9 cm³/mol. The van der Waals surface area contributed by atoms with Crippen LogP contribution in [0.1, 0.15) is 33.6 Å². The molecule has 2 heteroatoms. The topological polar surface area (TPSA) is 21.3 Å². The third-order valence-electron chi connectivity index (χ3n) is 1.47. The zero-order chi connectivity index (χ0) is 8.53. The van der Waals surface area contributed by atoms with Gasteiger partial charge >= 0.3 is 0 Å². The van der Waals surface area contributed by atoms with Gasteiger partial charge in [-0.05, 0) is 26.3 Å². The average Bonchev–Trinajstić information content (AvgIpc) is 1.96. The second-order valence-electron chi connectivity index (χ2n) is 3.01. The molecule has 11 heavy (non-hydrogen) atoms. The summed E-state index contributed by atoms with van der Waals surface area (Å²) in [5.74, 6) is 0. The molecule has 2 nitrogen and oxygen atoms in total. The maximum absolute atomic E-state index is 5.21. The molecule has 0 aromatic rings. The Morgan fingerprint density at radius 3 is 2.55 bits per heavy atom. The Labute approximate surface area is 70.3 Å². The number of ether oxygens (including phenoxy) is 1. The first-order chi connectivity index (χ1) is 5.27. The first kappa shape index (κ1) is 10.9. The fourth-order valence-corrected chi connectivity index (χ4v) is 0.864. The molecule has 1 N–H and O–H groups in total. The van der Waals surface area contributed by atoms with Crippen molar-refractivity contribution in [1.82, 2.24) is 5.32 Å². The second-order valence-corrected chi connectivity index (χ2v) is 3.01. The molecule has 0 aromatic carbocycles. The Kier molecular flexibility index (Phi) is 7.96. The molecule has 0 rings (SSSR count). The van der Waals surface area contributed by atoms with Gasteiger partial charge in [-0.3, -0.25) is 0 Å². The van der Waals surface area contributed by atoms with Crippen molar-refractivity contribution in [3.63, 3.8) is 0 Å². The molecule has 0 aliphatic heterocycles. The molecule has 0 aliphatic carbocycles. The van der Waals surface area contributed by atoms with Crippen LogP contribution in [0.5, 0.6) is 0 Å². The van der Waals surface area contributed by atoms with E-state index in [4.69, 9.17) is 4.74 Å². The zero-order valence-electron chi connectivity index (χ0n) is 8.02. The van der Waals surface area contributed by atoms with Crippen LogP contribution in [0.4, 0.5) is 0 Å². The largest absolute Gasteiger partial charge is 0.382 e. The highest BCUT2D eigenvalue weighted by molar-refractivity contribution is 4.52. The number of unbranched alkanes of at least 4 members (excludes halogenated alkanes) is 1. The van der Waals surface area contributed by atoms with Gasteiger partial charge in [-0.25, -0.2) is 0 Å². The standard InChI is InChI=1S/C9H21NO/c1-4-11-8-6-5-7-10-9(2)3/h9-10H,4-8H2,1-3H3. The van der Waals surface area contributed by atoms with Gasteiger partial charge in [0.05, 0.1) is 0 Å². The van der Waals surface area contributed by atoms with Crippen LogP contribution < -0.4 is 5.32 Å². The third-order valence-corrected chi connectivity index (χ3v) is 1.47. The van der Waals surface area contributed by atoms with Crippen LogP contribution in [0.15, 0.2) is 0 Å². The monoisotopic (exact) mass is 159 g/mol. The number of hydrogen-bond donors (Lipinski definition) is 1. The van der Waals surface area contributed by atoms with Crippen molar-refractivity contribution in [3.05, 3.63) is 0 Å². The van der Waals surface area contributed by atoms with E-state index in [-0.39, 0.29) is 0 Å². The summed E-state index contributed by atoms with van der Waals surface area (Å²) in [6, 6.07) is 0.613. The number of nitrogens with one attached hydrogen (secondary N) is 1. The fraction of sp³-hybridized carbons (Fsp3) is 1.00. The van der Waals surface area contributed by atoms with Crippen LogP contribution in [0.25, 0.3) is 0 Å². The van der Waals surface area contributed by atoms with E-state index in [1.807, 2.05) is 6.92 Å². The lowest BCUT2D eigenvalue weighted by atomic mass is 10.3. The summed E-state index contributed by atoms with van der Waals surface area (Å²) < 4.78 is 5.21. The van der Waals surface area contributed by atoms with Gasteiger partial charge in [-0.1, -0.05) is 13.8 Å². The smallest absolute Gasteiger partial charge is 0.0466 e. The van der Waals surface area contributed by atoms with E-state index in [0.717, 1.165) is 19.8 Å². The normalized spacial score (nSPS) is 10.9. The van der Waals surface area contributed by atoms with Crippen LogP contribution in [0.2, 0.25) is 0 Å². The lowest BCUT2D eigenvalue weighted by Gasteiger charge is -2.07. The Morgan fingerprint density at radius 2 is 2.00 bits per heavy atom. The molecular formula is C9H21NO. The Morgan fingerprint density at radius 1 is 1.27 bits per heavy atom. The van der Waals surface area contributed by atoms with Crippen molar-refractivity contribution in [2.45, 2.75) is 39.7 Å². The van der Waals surface area contributed by atoms with Crippen molar-refractivity contribution >= 4 is 0 Å². The summed E-state index contributed by atoms with van der Waals surface area (Å²) in [4.78, 5) is 0. The molecule has 0 aromatic heterocycles. The van der Waals surface area contributed by atoms with Gasteiger partial charge < -0.3 is 10.1 Å². The van der Waals surface area contributed by atoms with E-state index in [1.54, 1.807) is 0 Å². The molecule has 0 unspecified atom stereocenters. The zero-order valence-corrected chi connectivity index (χ0v) is 8.02. The molecule has 68 valence electrons. The van der Waals surface area contributed by atoms with Gasteiger partial charge in [0.2, 0.25) is 0 Å². The van der Waals surface area contributed by atoms with Crippen molar-refractivity contribution in [1.29, 1.82) is 0 Å². The minimum atomic E-state index is 0.613. The van der Waals surface area contributed by atoms with Crippen LogP contribution in [-0.4, -0.2) is 25.8 Å². The van der Waals surface area contributed by atoms with E-state index in [0.29, 0.717) is 6.04 Å². The molecule has 0 radical (unpaired) electrons. The van der Waals surface area contributed by atoms with Crippen molar-refractivity contribution in [2.75, 3.05) is 19.8 Å². The van der Waals surface area contributed by atoms with Crippen LogP contribution in [-0.2, 0) is 4.74 Å². The molecule has 0 saturated heterocycles. The van der Waals surface area contributed by atoms with Gasteiger partial charge in [-0.15, -0.1) is 0 Å². The average molecular weight is 159 g/mol. The summed E-state index contributed by atoms with van der Waals surface area (Å²) in [6.07, 6.45) is 2.39. The van der Waals surface area contributed by atoms with E-state index in [2.05, 4.69) is 19.2 Å². The summed E-state index contributed by atoms with van der Waals surface area (Å²) in [5, 5.41) is 3.37. The SMILES string of the molecule is CCOCCCCNC(C)C.